The van der Waals surface area contributed by atoms with Crippen molar-refractivity contribution in [1.82, 2.24) is 4.90 Å². The van der Waals surface area contributed by atoms with Crippen LogP contribution in [0.25, 0.3) is 0 Å². The molecule has 1 saturated heterocycles. The summed E-state index contributed by atoms with van der Waals surface area (Å²) < 4.78 is 10.4. The lowest BCUT2D eigenvalue weighted by atomic mass is 9.93. The molecule has 0 unspecified atom stereocenters. The molecule has 0 aromatic heterocycles. The molecule has 5 heteroatoms. The molecule has 1 aliphatic rings. The van der Waals surface area contributed by atoms with Crippen molar-refractivity contribution in [2.45, 2.75) is 32.3 Å². The molecular formula is C10H18ClNO3. The number of piperidine rings is 1. The minimum Gasteiger partial charge on any atom is -0.433 e. The van der Waals surface area contributed by atoms with E-state index in [1.807, 2.05) is 6.92 Å². The maximum atomic E-state index is 11.3. The molecule has 0 saturated carbocycles. The molecule has 0 aromatic rings. The highest BCUT2D eigenvalue weighted by molar-refractivity contribution is 6.17. The smallest absolute Gasteiger partial charge is 0.410 e. The van der Waals surface area contributed by atoms with Gasteiger partial charge in [0.1, 0.15) is 0 Å². The van der Waals surface area contributed by atoms with Crippen molar-refractivity contribution in [1.29, 1.82) is 0 Å². The Morgan fingerprint density at radius 3 is 2.53 bits per heavy atom. The molecule has 4 nitrogen and oxygen atoms in total. The maximum absolute atomic E-state index is 11.3. The molecule has 1 aliphatic heterocycles. The van der Waals surface area contributed by atoms with E-state index in [9.17, 15) is 4.79 Å². The zero-order valence-corrected chi connectivity index (χ0v) is 10.0. The average molecular weight is 236 g/mol. The number of alkyl halides is 1. The van der Waals surface area contributed by atoms with Crippen LogP contribution in [0, 0.1) is 0 Å². The van der Waals surface area contributed by atoms with Gasteiger partial charge in [0.2, 0.25) is 0 Å². The van der Waals surface area contributed by atoms with Crippen LogP contribution in [0.5, 0.6) is 0 Å². The minimum absolute atomic E-state index is 0.0853. The van der Waals surface area contributed by atoms with E-state index < -0.39 is 0 Å². The van der Waals surface area contributed by atoms with E-state index in [0.29, 0.717) is 19.7 Å². The van der Waals surface area contributed by atoms with E-state index in [1.165, 1.54) is 0 Å². The van der Waals surface area contributed by atoms with Gasteiger partial charge in [-0.2, -0.15) is 0 Å². The summed E-state index contributed by atoms with van der Waals surface area (Å²) in [7, 11) is 0. The van der Waals surface area contributed by atoms with Crippen molar-refractivity contribution in [3.8, 4) is 0 Å². The van der Waals surface area contributed by atoms with Gasteiger partial charge in [0.05, 0.1) is 5.60 Å². The Balaban J connectivity index is 2.38. The van der Waals surface area contributed by atoms with E-state index in [2.05, 4.69) is 6.92 Å². The summed E-state index contributed by atoms with van der Waals surface area (Å²) >= 11 is 5.33. The number of nitrogens with zero attached hydrogens (tertiary/aromatic N) is 1. The largest absolute Gasteiger partial charge is 0.433 e. The summed E-state index contributed by atoms with van der Waals surface area (Å²) in [5, 5.41) is 0. The average Bonchev–Trinajstić information content (AvgIpc) is 2.19. The Labute approximate surface area is 95.5 Å². The quantitative estimate of drug-likeness (QED) is 0.704. The van der Waals surface area contributed by atoms with Crippen LogP contribution in [0.15, 0.2) is 0 Å². The highest BCUT2D eigenvalue weighted by Crippen LogP contribution is 2.25. The summed E-state index contributed by atoms with van der Waals surface area (Å²) in [5.41, 5.74) is -0.0908. The van der Waals surface area contributed by atoms with Crippen molar-refractivity contribution in [3.05, 3.63) is 0 Å². The molecule has 15 heavy (non-hydrogen) atoms. The summed E-state index contributed by atoms with van der Waals surface area (Å²) in [6, 6.07) is -0.0853. The number of rotatable bonds is 3. The second-order valence-electron chi connectivity index (χ2n) is 3.89. The van der Waals surface area contributed by atoms with Crippen LogP contribution in [0.3, 0.4) is 0 Å². The fraction of sp³-hybridized carbons (Fsp3) is 0.900. The molecule has 0 aliphatic carbocycles. The van der Waals surface area contributed by atoms with Crippen molar-refractivity contribution in [2.75, 3.05) is 25.8 Å². The first-order chi connectivity index (χ1) is 7.11. The minimum atomic E-state index is -0.330. The van der Waals surface area contributed by atoms with Gasteiger partial charge in [-0.25, -0.2) is 4.79 Å². The van der Waals surface area contributed by atoms with Crippen LogP contribution in [-0.4, -0.2) is 42.4 Å². The third kappa shape index (κ3) is 3.54. The van der Waals surface area contributed by atoms with Crippen molar-refractivity contribution < 1.29 is 14.3 Å². The van der Waals surface area contributed by atoms with Crippen molar-refractivity contribution in [3.63, 3.8) is 0 Å². The number of halogens is 1. The monoisotopic (exact) mass is 235 g/mol. The van der Waals surface area contributed by atoms with E-state index in [4.69, 9.17) is 21.1 Å². The molecule has 1 amide bonds. The third-order valence-corrected chi connectivity index (χ3v) is 2.86. The van der Waals surface area contributed by atoms with Crippen LogP contribution in [-0.2, 0) is 9.47 Å². The molecule has 1 fully saturated rings. The third-order valence-electron chi connectivity index (χ3n) is 2.75. The molecule has 0 N–H and O–H groups in total. The highest BCUT2D eigenvalue weighted by Gasteiger charge is 2.32. The van der Waals surface area contributed by atoms with Gasteiger partial charge in [0.15, 0.2) is 6.07 Å². The fourth-order valence-electron chi connectivity index (χ4n) is 1.79. The number of ether oxygens (including phenoxy) is 2. The standard InChI is InChI=1S/C10H18ClNO3/c1-3-15-10(2)4-6-12(7-5-10)9(13)14-8-11/h3-8H2,1-2H3. The van der Waals surface area contributed by atoms with Gasteiger partial charge >= 0.3 is 6.09 Å². The normalized spacial score (nSPS) is 20.1. The van der Waals surface area contributed by atoms with E-state index in [-0.39, 0.29) is 17.8 Å². The lowest BCUT2D eigenvalue weighted by molar-refractivity contribution is -0.0629. The maximum Gasteiger partial charge on any atom is 0.410 e. The highest BCUT2D eigenvalue weighted by atomic mass is 35.5. The molecule has 1 heterocycles. The predicted octanol–water partition coefficient (Wildman–Crippen LogP) is 2.21. The van der Waals surface area contributed by atoms with Crippen LogP contribution >= 0.6 is 11.6 Å². The summed E-state index contributed by atoms with van der Waals surface area (Å²) in [6.45, 7) is 6.13. The molecule has 0 radical (unpaired) electrons. The van der Waals surface area contributed by atoms with Crippen LogP contribution in [0.2, 0.25) is 0 Å². The molecule has 0 spiro atoms. The van der Waals surface area contributed by atoms with Crippen LogP contribution in [0.1, 0.15) is 26.7 Å². The topological polar surface area (TPSA) is 38.8 Å². The SMILES string of the molecule is CCOC1(C)CCN(C(=O)OCCl)CC1. The van der Waals surface area contributed by atoms with Gasteiger partial charge in [-0.15, -0.1) is 0 Å². The van der Waals surface area contributed by atoms with Gasteiger partial charge in [0.25, 0.3) is 0 Å². The van der Waals surface area contributed by atoms with Gasteiger partial charge in [-0.1, -0.05) is 11.6 Å². The summed E-state index contributed by atoms with van der Waals surface area (Å²) in [4.78, 5) is 13.0. The van der Waals surface area contributed by atoms with Gasteiger partial charge < -0.3 is 14.4 Å². The second-order valence-corrected chi connectivity index (χ2v) is 4.11. The molecule has 0 atom stereocenters. The van der Waals surface area contributed by atoms with Crippen LogP contribution in [0.4, 0.5) is 4.79 Å². The zero-order valence-electron chi connectivity index (χ0n) is 9.29. The molecular weight excluding hydrogens is 218 g/mol. The second kappa shape index (κ2) is 5.56. The predicted molar refractivity (Wildman–Crippen MR) is 58.0 cm³/mol. The van der Waals surface area contributed by atoms with Gasteiger partial charge in [-0.3, -0.25) is 0 Å². The van der Waals surface area contributed by atoms with E-state index in [0.717, 1.165) is 12.8 Å². The lowest BCUT2D eigenvalue weighted by Gasteiger charge is -2.38. The van der Waals surface area contributed by atoms with Gasteiger partial charge in [-0.05, 0) is 26.7 Å². The number of likely N-dealkylation sites (tertiary alicyclic amines) is 1. The van der Waals surface area contributed by atoms with Gasteiger partial charge in [0, 0.05) is 19.7 Å². The molecule has 0 aromatic carbocycles. The summed E-state index contributed by atoms with van der Waals surface area (Å²) in [5.74, 6) is 0. The number of hydrogen-bond acceptors (Lipinski definition) is 3. The Hall–Kier alpha value is -0.480. The number of carbonyl (C=O) groups is 1. The first kappa shape index (κ1) is 12.6. The summed E-state index contributed by atoms with van der Waals surface area (Å²) in [6.07, 6.45) is 1.36. The number of hydrogen-bond donors (Lipinski definition) is 0. The Morgan fingerprint density at radius 2 is 2.07 bits per heavy atom. The Bertz CT molecular complexity index is 215. The van der Waals surface area contributed by atoms with Crippen LogP contribution < -0.4 is 0 Å². The first-order valence-electron chi connectivity index (χ1n) is 5.23. The molecule has 0 bridgehead atoms. The van der Waals surface area contributed by atoms with Crippen molar-refractivity contribution in [2.24, 2.45) is 0 Å². The number of carbonyl (C=O) groups excluding carboxylic acids is 1. The number of amides is 1. The Kier molecular flexibility index (Phi) is 4.67. The molecule has 88 valence electrons. The van der Waals surface area contributed by atoms with E-state index >= 15 is 0 Å². The van der Waals surface area contributed by atoms with E-state index in [1.54, 1.807) is 4.90 Å². The molecule has 1 rings (SSSR count). The first-order valence-corrected chi connectivity index (χ1v) is 5.76. The zero-order chi connectivity index (χ0) is 11.3. The lowest BCUT2D eigenvalue weighted by Crippen LogP contribution is -2.46. The van der Waals surface area contributed by atoms with Crippen molar-refractivity contribution >= 4 is 17.7 Å². The Morgan fingerprint density at radius 1 is 1.47 bits per heavy atom. The fourth-order valence-corrected chi connectivity index (χ4v) is 1.89.